The summed E-state index contributed by atoms with van der Waals surface area (Å²) in [5, 5.41) is 14.7. The van der Waals surface area contributed by atoms with Gasteiger partial charge in [0.15, 0.2) is 0 Å². The maximum Gasteiger partial charge on any atom is 0.336 e. The number of rotatable bonds is 9. The topological polar surface area (TPSA) is 94.4 Å². The van der Waals surface area contributed by atoms with E-state index in [0.717, 1.165) is 37.0 Å². The molecule has 0 amide bonds. The predicted molar refractivity (Wildman–Crippen MR) is 124 cm³/mol. The molecule has 2 aromatic rings. The number of nitrogens with zero attached hydrogens (tertiary/aromatic N) is 2. The Labute approximate surface area is 188 Å². The molecule has 1 N–H and O–H groups in total. The zero-order valence-corrected chi connectivity index (χ0v) is 18.8. The van der Waals surface area contributed by atoms with E-state index in [1.807, 2.05) is 32.0 Å². The third kappa shape index (κ3) is 5.22. The molecule has 0 spiro atoms. The molecule has 1 aliphatic heterocycles. The van der Waals surface area contributed by atoms with Crippen LogP contribution in [0.25, 0.3) is 5.57 Å². The van der Waals surface area contributed by atoms with Crippen LogP contribution in [0.3, 0.4) is 0 Å². The quantitative estimate of drug-likeness (QED) is 0.242. The summed E-state index contributed by atoms with van der Waals surface area (Å²) in [7, 11) is 0. The molecule has 1 aliphatic rings. The molecular formula is C25H29N3O4. The van der Waals surface area contributed by atoms with Crippen molar-refractivity contribution in [1.29, 1.82) is 0 Å². The zero-order chi connectivity index (χ0) is 23.1. The van der Waals surface area contributed by atoms with Crippen LogP contribution < -0.4 is 5.32 Å². The van der Waals surface area contributed by atoms with Gasteiger partial charge in [-0.1, -0.05) is 44.4 Å². The van der Waals surface area contributed by atoms with E-state index in [4.69, 9.17) is 4.74 Å². The molecule has 0 aliphatic carbocycles. The number of hydrogen-bond donors (Lipinski definition) is 1. The first-order valence-corrected chi connectivity index (χ1v) is 11.0. The van der Waals surface area contributed by atoms with Crippen molar-refractivity contribution >= 4 is 17.2 Å². The summed E-state index contributed by atoms with van der Waals surface area (Å²) in [6.45, 7) is 6.23. The van der Waals surface area contributed by atoms with Gasteiger partial charge in [0.25, 0.3) is 5.69 Å². The number of esters is 1. The lowest BCUT2D eigenvalue weighted by Gasteiger charge is -2.31. The number of ether oxygens (including phenoxy) is 1. The molecule has 0 bridgehead atoms. The Morgan fingerprint density at radius 3 is 2.62 bits per heavy atom. The Balaban J connectivity index is 2.04. The van der Waals surface area contributed by atoms with E-state index >= 15 is 0 Å². The van der Waals surface area contributed by atoms with E-state index in [1.165, 1.54) is 12.1 Å². The molecule has 0 saturated heterocycles. The predicted octanol–water partition coefficient (Wildman–Crippen LogP) is 5.51. The third-order valence-corrected chi connectivity index (χ3v) is 5.57. The number of dihydropyridines is 1. The number of carbonyl (C=O) groups is 1. The highest BCUT2D eigenvalue weighted by molar-refractivity contribution is 5.97. The van der Waals surface area contributed by atoms with Crippen molar-refractivity contribution in [3.63, 3.8) is 0 Å². The van der Waals surface area contributed by atoms with Gasteiger partial charge in [-0.05, 0) is 38.0 Å². The Bertz CT molecular complexity index is 1040. The van der Waals surface area contributed by atoms with E-state index in [0.29, 0.717) is 29.1 Å². The van der Waals surface area contributed by atoms with Crippen LogP contribution in [0.1, 0.15) is 63.6 Å². The van der Waals surface area contributed by atoms with Gasteiger partial charge in [-0.2, -0.15) is 0 Å². The lowest BCUT2D eigenvalue weighted by Crippen LogP contribution is -2.29. The lowest BCUT2D eigenvalue weighted by atomic mass is 9.79. The first kappa shape index (κ1) is 23.2. The highest BCUT2D eigenvalue weighted by atomic mass is 16.6. The molecule has 7 heteroatoms. The van der Waals surface area contributed by atoms with E-state index < -0.39 is 16.8 Å². The molecule has 1 atom stereocenters. The number of carbonyl (C=O) groups excluding carboxylic acids is 1. The van der Waals surface area contributed by atoms with Crippen LogP contribution in [-0.2, 0) is 9.53 Å². The first-order chi connectivity index (χ1) is 15.4. The summed E-state index contributed by atoms with van der Waals surface area (Å²) in [6, 6.07) is 12.0. The second-order valence-electron chi connectivity index (χ2n) is 7.90. The van der Waals surface area contributed by atoms with Gasteiger partial charge in [0, 0.05) is 41.2 Å². The molecule has 0 saturated carbocycles. The van der Waals surface area contributed by atoms with Crippen LogP contribution in [-0.4, -0.2) is 22.5 Å². The molecule has 0 fully saturated rings. The summed E-state index contributed by atoms with van der Waals surface area (Å²) >= 11 is 0. The fourth-order valence-corrected chi connectivity index (χ4v) is 4.05. The van der Waals surface area contributed by atoms with Gasteiger partial charge in [0.1, 0.15) is 0 Å². The van der Waals surface area contributed by atoms with Crippen molar-refractivity contribution in [1.82, 2.24) is 10.3 Å². The molecule has 1 unspecified atom stereocenters. The normalized spacial score (nSPS) is 16.0. The van der Waals surface area contributed by atoms with Crippen LogP contribution >= 0.6 is 0 Å². The number of allylic oxidation sites excluding steroid dienone is 3. The van der Waals surface area contributed by atoms with Gasteiger partial charge in [-0.25, -0.2) is 4.79 Å². The van der Waals surface area contributed by atoms with Gasteiger partial charge >= 0.3 is 5.97 Å². The number of hydrogen-bond acceptors (Lipinski definition) is 6. The molecule has 1 aromatic carbocycles. The van der Waals surface area contributed by atoms with E-state index in [9.17, 15) is 14.9 Å². The molecule has 1 aromatic heterocycles. The minimum absolute atomic E-state index is 0.0241. The fraction of sp³-hybridized carbons (Fsp3) is 0.360. The maximum atomic E-state index is 13.2. The number of non-ortho nitro benzene ring substituents is 1. The number of pyridine rings is 1. The molecular weight excluding hydrogens is 406 g/mol. The van der Waals surface area contributed by atoms with Gasteiger partial charge in [-0.3, -0.25) is 15.1 Å². The molecule has 3 rings (SSSR count). The van der Waals surface area contributed by atoms with Crippen molar-refractivity contribution in [2.24, 2.45) is 0 Å². The van der Waals surface area contributed by atoms with Crippen molar-refractivity contribution < 1.29 is 14.5 Å². The Hall–Kier alpha value is -3.48. The van der Waals surface area contributed by atoms with Crippen LogP contribution in [0.2, 0.25) is 0 Å². The molecule has 168 valence electrons. The number of benzene rings is 1. The van der Waals surface area contributed by atoms with Gasteiger partial charge in [-0.15, -0.1) is 0 Å². The standard InChI is InChI=1S/C25H29N3O4/c1-4-5-6-9-15-32-25(29)23-18(3)27-17(2)22(21-13-7-8-14-26-21)24(23)19-11-10-12-20(16-19)28(30)31/h7-8,10-14,16,24,27H,4-6,9,15H2,1-3H3. The van der Waals surface area contributed by atoms with E-state index in [2.05, 4.69) is 17.2 Å². The van der Waals surface area contributed by atoms with Crippen molar-refractivity contribution in [2.45, 2.75) is 52.4 Å². The summed E-state index contributed by atoms with van der Waals surface area (Å²) in [4.78, 5) is 28.7. The highest BCUT2D eigenvalue weighted by Gasteiger charge is 2.35. The SMILES string of the molecule is CCCCCCOC(=O)C1=C(C)NC(C)=C(c2ccccn2)C1c1cccc([N+](=O)[O-])c1. The van der Waals surface area contributed by atoms with Crippen molar-refractivity contribution in [3.8, 4) is 0 Å². The average Bonchev–Trinajstić information content (AvgIpc) is 2.79. The minimum Gasteiger partial charge on any atom is -0.462 e. The van der Waals surface area contributed by atoms with Crippen LogP contribution in [0.4, 0.5) is 5.69 Å². The maximum absolute atomic E-state index is 13.2. The second-order valence-corrected chi connectivity index (χ2v) is 7.90. The van der Waals surface area contributed by atoms with Crippen LogP contribution in [0.15, 0.2) is 65.6 Å². The number of unbranched alkanes of at least 4 members (excludes halogenated alkanes) is 3. The summed E-state index contributed by atoms with van der Waals surface area (Å²) < 4.78 is 5.63. The zero-order valence-electron chi connectivity index (χ0n) is 18.8. The lowest BCUT2D eigenvalue weighted by molar-refractivity contribution is -0.384. The number of nitrogens with one attached hydrogen (secondary N) is 1. The van der Waals surface area contributed by atoms with Gasteiger partial charge in [0.2, 0.25) is 0 Å². The van der Waals surface area contributed by atoms with E-state index in [1.54, 1.807) is 18.3 Å². The van der Waals surface area contributed by atoms with Gasteiger partial charge < -0.3 is 10.1 Å². The monoisotopic (exact) mass is 435 g/mol. The Morgan fingerprint density at radius 2 is 1.94 bits per heavy atom. The summed E-state index contributed by atoms with van der Waals surface area (Å²) in [6.07, 6.45) is 5.71. The molecule has 2 heterocycles. The summed E-state index contributed by atoms with van der Waals surface area (Å²) in [5.41, 5.74) is 4.10. The number of aromatic nitrogens is 1. The second kappa shape index (κ2) is 10.7. The van der Waals surface area contributed by atoms with Crippen LogP contribution in [0, 0.1) is 10.1 Å². The van der Waals surface area contributed by atoms with Gasteiger partial charge in [0.05, 0.1) is 22.8 Å². The minimum atomic E-state index is -0.533. The first-order valence-electron chi connectivity index (χ1n) is 11.0. The number of nitro benzene ring substituents is 1. The van der Waals surface area contributed by atoms with E-state index in [-0.39, 0.29) is 5.69 Å². The Morgan fingerprint density at radius 1 is 1.12 bits per heavy atom. The smallest absolute Gasteiger partial charge is 0.336 e. The highest BCUT2D eigenvalue weighted by Crippen LogP contribution is 2.43. The van der Waals surface area contributed by atoms with Crippen LogP contribution in [0.5, 0.6) is 0 Å². The molecule has 7 nitrogen and oxygen atoms in total. The fourth-order valence-electron chi connectivity index (χ4n) is 4.05. The van der Waals surface area contributed by atoms with Crippen molar-refractivity contribution in [2.75, 3.05) is 6.61 Å². The molecule has 0 radical (unpaired) electrons. The largest absolute Gasteiger partial charge is 0.462 e. The van der Waals surface area contributed by atoms with Crippen molar-refractivity contribution in [3.05, 3.63) is 87.0 Å². The summed E-state index contributed by atoms with van der Waals surface area (Å²) in [5.74, 6) is -0.946. The number of nitro groups is 1. The third-order valence-electron chi connectivity index (χ3n) is 5.57. The Kier molecular flexibility index (Phi) is 7.76. The average molecular weight is 436 g/mol. The molecule has 32 heavy (non-hydrogen) atoms.